The maximum Gasteiger partial charge on any atom is 0.191 e. The number of aliphatic hydroxyl groups excluding tert-OH is 1. The minimum atomic E-state index is -4.32. The molecule has 0 unspecified atom stereocenters. The molecule has 6 aliphatic rings. The molecule has 582 valence electrons. The quantitative estimate of drug-likeness (QED) is 0.0168. The van der Waals surface area contributed by atoms with Gasteiger partial charge in [0.2, 0.25) is 0 Å². The van der Waals surface area contributed by atoms with E-state index in [1.165, 1.54) is 57.2 Å². The molecule has 15 rings (SSSR count). The van der Waals surface area contributed by atoms with Gasteiger partial charge < -0.3 is 76.1 Å². The third-order valence-electron chi connectivity index (χ3n) is 16.0. The molecule has 18 atom stereocenters. The number of aryl methyl sites for hydroxylation is 3. The highest BCUT2D eigenvalue weighted by atomic mass is 32.2. The van der Waals surface area contributed by atoms with Crippen molar-refractivity contribution >= 4 is 86.2 Å². The fourth-order valence-corrected chi connectivity index (χ4v) is 12.4. The van der Waals surface area contributed by atoms with E-state index < -0.39 is 243 Å². The molecule has 6 saturated carbocycles. The molecule has 3 aromatic carbocycles. The molecule has 0 amide bonds. The zero-order valence-corrected chi connectivity index (χ0v) is 59.9. The van der Waals surface area contributed by atoms with Crippen molar-refractivity contribution in [2.75, 3.05) is 72.7 Å². The summed E-state index contributed by atoms with van der Waals surface area (Å²) in [5.41, 5.74) is -1.85. The normalized spacial score (nSPS) is 45.9. The molecule has 9 aromatic rings. The number of aromatic nitrogens is 15. The van der Waals surface area contributed by atoms with E-state index in [1.807, 2.05) is 20.8 Å². The summed E-state index contributed by atoms with van der Waals surface area (Å²) in [4.78, 5) is 25.6. The molecular formula is C72H93F3N18O12S3. The van der Waals surface area contributed by atoms with E-state index in [0.29, 0.717) is 53.2 Å². The molecular weight excluding hydrogens is 1460 g/mol. The van der Waals surface area contributed by atoms with Crippen LogP contribution in [-0.2, 0) is 14.2 Å². The van der Waals surface area contributed by atoms with E-state index in [-0.39, 0.29) is 57.8 Å². The van der Waals surface area contributed by atoms with E-state index in [0.717, 1.165) is 53.5 Å². The van der Waals surface area contributed by atoms with E-state index >= 15 is 0 Å². The predicted molar refractivity (Wildman–Crippen MR) is 398 cm³/mol. The molecule has 6 heterocycles. The van der Waals surface area contributed by atoms with E-state index in [1.54, 1.807) is 0 Å². The molecule has 0 spiro atoms. The van der Waals surface area contributed by atoms with Crippen molar-refractivity contribution in [3.63, 3.8) is 0 Å². The first-order chi connectivity index (χ1) is 64.9. The second-order valence-electron chi connectivity index (χ2n) is 23.7. The SMILES string of the molecule is [2H]C([2H])(CO)O[C@@]1([2H])C([2H])([2H])[C@@]([2H])(n2nnc3c(N[C@@]4([2H])[C@H](c5ccc(C)c(F)c5)C4([2H])[2H])nc(SCCC)nc32)[C@]([2H])(O)[C@]1([2H])O.[2H]C([2H])(O)C([2H])([2H])O[C@@]1([2H])C([2H])([2H])[C@@]([2H])(n2nnc3c(N[C@@]4([2H])[C@H](c5ccc(C)c(F)c5)C4([2H])[2H])nc(SCCC)nc32)[C@]([2H])(O)[C@]1([2H])O.[2H]C([2H])(O)CO[C@@]1([2H])C([2H])([2H])[C@@]([2H])(n2nnc3c(N[C@@]4([2H])[C@H](c5ccc(C)c(F)c5)C4([2H])[2H])nc(SCCC)nc32)[C@]([2H])(O)[C@]1([2H])O. The first-order valence-electron chi connectivity index (χ1n) is 50.2. The number of halogens is 3. The van der Waals surface area contributed by atoms with E-state index in [9.17, 15) is 59.1 Å². The third kappa shape index (κ3) is 17.5. The number of nitrogens with zero attached hydrogens (tertiary/aromatic N) is 15. The smallest absolute Gasteiger partial charge is 0.191 e. The van der Waals surface area contributed by atoms with Gasteiger partial charge in [0.15, 0.2) is 66.4 Å². The summed E-state index contributed by atoms with van der Waals surface area (Å²) >= 11 is 3.07. The Hall–Kier alpha value is -7.14. The Bertz CT molecular complexity index is 6480. The third-order valence-corrected chi connectivity index (χ3v) is 19.2. The monoisotopic (exact) mass is 1590 g/mol. The van der Waals surface area contributed by atoms with Crippen molar-refractivity contribution < 1.29 is 121 Å². The van der Waals surface area contributed by atoms with Gasteiger partial charge in [-0.05, 0) is 111 Å². The number of hydrogen-bond acceptors (Lipinski definition) is 30. The number of hydrogen-bond donors (Lipinski definition) is 12. The highest BCUT2D eigenvalue weighted by Gasteiger charge is 2.49. The zero-order chi connectivity index (χ0) is 108. The lowest BCUT2D eigenvalue weighted by Gasteiger charge is -2.17. The van der Waals surface area contributed by atoms with Gasteiger partial charge in [0, 0.05) is 88.6 Å². The van der Waals surface area contributed by atoms with Gasteiger partial charge in [0.25, 0.3) is 0 Å². The number of nitrogens with one attached hydrogen (secondary N) is 3. The maximum absolute atomic E-state index is 14.4. The van der Waals surface area contributed by atoms with Crippen LogP contribution in [0, 0.1) is 38.2 Å². The second-order valence-corrected chi connectivity index (χ2v) is 26.9. The molecule has 0 aliphatic heterocycles. The average molecular weight is 1590 g/mol. The zero-order valence-electron chi connectivity index (χ0n) is 92.4. The number of aliphatic hydroxyl groups is 9. The van der Waals surface area contributed by atoms with Gasteiger partial charge >= 0.3 is 0 Å². The molecule has 108 heavy (non-hydrogen) atoms. The molecule has 6 aromatic heterocycles. The molecule has 0 saturated heterocycles. The summed E-state index contributed by atoms with van der Waals surface area (Å²) in [5, 5.41) is 125. The van der Waals surface area contributed by atoms with E-state index in [2.05, 4.69) is 81.5 Å². The van der Waals surface area contributed by atoms with Crippen LogP contribution in [0.2, 0.25) is 0 Å². The van der Waals surface area contributed by atoms with Crippen molar-refractivity contribution in [1.29, 1.82) is 0 Å². The van der Waals surface area contributed by atoms with Crippen LogP contribution in [0.4, 0.5) is 30.6 Å². The second kappa shape index (κ2) is 35.1. The van der Waals surface area contributed by atoms with Gasteiger partial charge in [-0.15, -0.1) is 15.3 Å². The molecule has 6 aliphatic carbocycles. The summed E-state index contributed by atoms with van der Waals surface area (Å²) in [5.74, 6) is -5.43. The Morgan fingerprint density at radius 3 is 1.08 bits per heavy atom. The number of thioether (sulfide) groups is 3. The Labute approximate surface area is 682 Å². The molecule has 6 fully saturated rings. The first kappa shape index (κ1) is 46.0. The lowest BCUT2D eigenvalue weighted by Crippen LogP contribution is -2.33. The summed E-state index contributed by atoms with van der Waals surface area (Å²) in [6, 6.07) is -5.86. The summed E-state index contributed by atoms with van der Waals surface area (Å²) in [7, 11) is 0. The molecule has 12 N–H and O–H groups in total. The number of anilines is 3. The average Bonchev–Trinajstić information content (AvgIpc) is 1.47. The van der Waals surface area contributed by atoms with Crippen molar-refractivity contribution in [3.05, 3.63) is 105 Å². The van der Waals surface area contributed by atoms with Gasteiger partial charge in [-0.3, -0.25) is 0 Å². The van der Waals surface area contributed by atoms with Crippen LogP contribution in [-0.4, -0.2) is 250 Å². The van der Waals surface area contributed by atoms with Crippen LogP contribution < -0.4 is 16.0 Å². The Morgan fingerprint density at radius 2 is 0.787 bits per heavy atom. The Morgan fingerprint density at radius 1 is 0.463 bits per heavy atom. The van der Waals surface area contributed by atoms with Crippen LogP contribution >= 0.6 is 35.3 Å². The van der Waals surface area contributed by atoms with Gasteiger partial charge in [0.05, 0.1) is 107 Å². The van der Waals surface area contributed by atoms with Crippen LogP contribution in [0.5, 0.6) is 0 Å². The number of rotatable bonds is 30. The lowest BCUT2D eigenvalue weighted by molar-refractivity contribution is -0.0629. The molecule has 36 heteroatoms. The van der Waals surface area contributed by atoms with Gasteiger partial charge in [-0.25, -0.2) is 57.1 Å². The molecule has 0 radical (unpaired) electrons. The summed E-state index contributed by atoms with van der Waals surface area (Å²) in [6.07, 6.45) is -53.7. The standard InChI is InChI=1S/3C24H31FN6O4S/c3*1-3-8-36-24-27-22(26-16-10-14(16)13-5-4-12(2)15(25)9-13)19-23(28-24)31(30-29-19)17-11-18(35-7-6-32)21(34)20(17)33/h3*4-5,9,14,16-18,20-21,32-34H,3,6-8,10-11H2,1-2H3,(H,26,27,28)/t3*14-,16+,17+,18-,20-,21+/m000/s1/i6D2,7D2,10D2,11D2,16D,17D,18D,20D,21D;7D2,10D2,11D2,16D,17D,18D,20D,21D;6D2,10D2,11D2,16D,17D,18D,20D,21D. The van der Waals surface area contributed by atoms with Crippen molar-refractivity contribution in [2.24, 2.45) is 0 Å². The minimum Gasteiger partial charge on any atom is -0.394 e. The highest BCUT2D eigenvalue weighted by molar-refractivity contribution is 7.99. The predicted octanol–water partition coefficient (Wildman–Crippen LogP) is 6.55. The fraction of sp³-hybridized carbons (Fsp3) is 0.583. The van der Waals surface area contributed by atoms with Crippen LogP contribution in [0.15, 0.2) is 70.1 Å². The Balaban J connectivity index is 0.000000180. The molecule has 30 nitrogen and oxygen atoms in total. The fourth-order valence-electron chi connectivity index (χ4n) is 10.4. The Kier molecular flexibility index (Phi) is 14.9. The van der Waals surface area contributed by atoms with Gasteiger partial charge in [-0.1, -0.05) is 108 Å². The van der Waals surface area contributed by atoms with Crippen molar-refractivity contribution in [3.8, 4) is 0 Å². The summed E-state index contributed by atoms with van der Waals surface area (Å²) < 4.78 is 351. The minimum absolute atomic E-state index is 0.0909. The lowest BCUT2D eigenvalue weighted by atomic mass is 10.1. The number of benzene rings is 3. The van der Waals surface area contributed by atoms with Crippen LogP contribution in [0.1, 0.15) is 195 Å². The van der Waals surface area contributed by atoms with Crippen molar-refractivity contribution in [2.45, 2.75) is 223 Å². The largest absolute Gasteiger partial charge is 0.394 e. The molecule has 0 bridgehead atoms. The van der Waals surface area contributed by atoms with Crippen LogP contribution in [0.3, 0.4) is 0 Å². The number of fused-ring (bicyclic) bond motifs is 3. The van der Waals surface area contributed by atoms with Gasteiger partial charge in [-0.2, -0.15) is 0 Å². The van der Waals surface area contributed by atoms with Crippen LogP contribution in [0.25, 0.3) is 33.5 Å². The highest BCUT2D eigenvalue weighted by Crippen LogP contribution is 2.48. The number of ether oxygens (including phenoxy) is 3. The maximum atomic E-state index is 14.4. The topological polar surface area (TPSA) is 415 Å². The van der Waals surface area contributed by atoms with Crippen molar-refractivity contribution in [1.82, 2.24) is 74.9 Å². The van der Waals surface area contributed by atoms with E-state index in [4.69, 9.17) is 57.5 Å². The summed E-state index contributed by atoms with van der Waals surface area (Å²) in [6.45, 7) is -7.52. The van der Waals surface area contributed by atoms with Gasteiger partial charge in [0.1, 0.15) is 53.9 Å². The first-order valence-corrected chi connectivity index (χ1v) is 35.7.